The van der Waals surface area contributed by atoms with Crippen molar-refractivity contribution in [2.24, 2.45) is 11.8 Å². The van der Waals surface area contributed by atoms with E-state index in [1.807, 2.05) is 13.8 Å². The average Bonchev–Trinajstić information content (AvgIpc) is 3.18. The van der Waals surface area contributed by atoms with Gasteiger partial charge in [0.2, 0.25) is 0 Å². The third-order valence-corrected chi connectivity index (χ3v) is 13.9. The van der Waals surface area contributed by atoms with Gasteiger partial charge >= 0.3 is 133 Å². The van der Waals surface area contributed by atoms with Crippen molar-refractivity contribution >= 4 is 45.0 Å². The maximum absolute atomic E-state index is 10.3. The van der Waals surface area contributed by atoms with Gasteiger partial charge in [0.15, 0.2) is 0 Å². The van der Waals surface area contributed by atoms with Gasteiger partial charge in [0.25, 0.3) is 0 Å². The molecule has 0 aromatic heterocycles. The molecule has 0 saturated heterocycles. The van der Waals surface area contributed by atoms with Gasteiger partial charge in [-0.25, -0.2) is 0 Å². The molecule has 9 heteroatoms. The summed E-state index contributed by atoms with van der Waals surface area (Å²) in [6.07, 6.45) is 36.6. The Morgan fingerprint density at radius 1 is 0.386 bits per heavy atom. The second-order valence-electron chi connectivity index (χ2n) is 15.5. The molecule has 0 fully saturated rings. The number of rotatable bonds is 36. The number of carbonyl (C=O) groups is 4. The molecule has 2 unspecified atom stereocenters. The summed E-state index contributed by atoms with van der Waals surface area (Å²) in [4.78, 5) is 40.7. The molecule has 0 aromatic rings. The molecule has 0 amide bonds. The Morgan fingerprint density at radius 2 is 0.632 bits per heavy atom. The van der Waals surface area contributed by atoms with Crippen LogP contribution in [0.2, 0.25) is 8.87 Å². The molecule has 0 spiro atoms. The summed E-state index contributed by atoms with van der Waals surface area (Å²) in [7, 11) is 0. The van der Waals surface area contributed by atoms with E-state index in [4.69, 9.17) is 10.2 Å². The molecule has 2 atom stereocenters. The molecule has 57 heavy (non-hydrogen) atoms. The summed E-state index contributed by atoms with van der Waals surface area (Å²) < 4.78 is 3.31. The van der Waals surface area contributed by atoms with Gasteiger partial charge in [-0.1, -0.05) is 119 Å². The van der Waals surface area contributed by atoms with Crippen LogP contribution in [-0.2, 0) is 19.2 Å². The monoisotopic (exact) mass is 921 g/mol. The topological polar surface area (TPSA) is 155 Å². The van der Waals surface area contributed by atoms with Crippen molar-refractivity contribution in [3.8, 4) is 0 Å². The SMILES string of the molecule is CCCCC(CC)C(=O)[O-].CCCCC(CC)C(=O)[O-].CCCCCCCC(=O)O.CCCCCCCC(=O)O.CCCCCCC[CH2][Sn+2][CH2]CCCCCCC. The first-order valence-electron chi connectivity index (χ1n) is 24.0. The molecule has 0 radical (unpaired) electrons. The molecule has 0 heterocycles. The number of hydrogen-bond acceptors (Lipinski definition) is 6. The Hall–Kier alpha value is -1.32. The molecule has 0 aromatic carbocycles. The van der Waals surface area contributed by atoms with Crippen molar-refractivity contribution in [1.29, 1.82) is 0 Å². The van der Waals surface area contributed by atoms with Crippen LogP contribution >= 0.6 is 0 Å². The summed E-state index contributed by atoms with van der Waals surface area (Å²) in [5, 5.41) is 37.2. The van der Waals surface area contributed by atoms with Crippen molar-refractivity contribution in [3.05, 3.63) is 0 Å². The van der Waals surface area contributed by atoms with Crippen LogP contribution in [-0.4, -0.2) is 55.2 Å². The number of carbonyl (C=O) groups excluding carboxylic acids is 2. The van der Waals surface area contributed by atoms with E-state index >= 15 is 0 Å². The molecule has 2 N–H and O–H groups in total. The van der Waals surface area contributed by atoms with Crippen LogP contribution in [0.3, 0.4) is 0 Å². The van der Waals surface area contributed by atoms with Crippen LogP contribution in [0, 0.1) is 11.8 Å². The van der Waals surface area contributed by atoms with Gasteiger partial charge in [0.05, 0.1) is 0 Å². The van der Waals surface area contributed by atoms with Crippen LogP contribution in [0.15, 0.2) is 0 Å². The predicted molar refractivity (Wildman–Crippen MR) is 241 cm³/mol. The fourth-order valence-electron chi connectivity index (χ4n) is 5.82. The molecule has 340 valence electrons. The Kier molecular flexibility index (Phi) is 67.1. The van der Waals surface area contributed by atoms with Crippen molar-refractivity contribution in [1.82, 2.24) is 0 Å². The zero-order valence-electron chi connectivity index (χ0n) is 39.0. The maximum atomic E-state index is 10.3. The van der Waals surface area contributed by atoms with Crippen LogP contribution in [0.4, 0.5) is 0 Å². The molecule has 0 aliphatic rings. The van der Waals surface area contributed by atoms with E-state index in [0.717, 1.165) is 64.2 Å². The van der Waals surface area contributed by atoms with Crippen molar-refractivity contribution in [2.75, 3.05) is 0 Å². The Morgan fingerprint density at radius 3 is 0.860 bits per heavy atom. The van der Waals surface area contributed by atoms with Gasteiger partial charge in [0, 0.05) is 24.8 Å². The molecule has 0 aliphatic carbocycles. The molecular weight excluding hydrogens is 823 g/mol. The second-order valence-corrected chi connectivity index (χ2v) is 19.8. The van der Waals surface area contributed by atoms with Gasteiger partial charge in [-0.3, -0.25) is 9.59 Å². The standard InChI is InChI=1S/4C8H16O2.2C8H17.Sn/c2*1-3-5-6-7(4-2)8(9)10;2*1-2-3-4-5-6-7-8(9)10;2*1-3-5-7-8-6-4-2;/h2*7H,3-6H2,1-2H3,(H,9,10);2*2-7H2,1H3,(H,9,10);2*1,3-8H2,2H3;/q;;;;;;+2/p-2. The van der Waals surface area contributed by atoms with E-state index < -0.39 is 23.9 Å². The number of hydrogen-bond donors (Lipinski definition) is 2. The Balaban J connectivity index is -0.000000202. The van der Waals surface area contributed by atoms with Crippen LogP contribution in [0.25, 0.3) is 0 Å². The van der Waals surface area contributed by atoms with E-state index in [1.165, 1.54) is 103 Å². The summed E-state index contributed by atoms with van der Waals surface area (Å²) in [5.41, 5.74) is 0. The first-order chi connectivity index (χ1) is 27.4. The van der Waals surface area contributed by atoms with E-state index in [0.29, 0.717) is 25.7 Å². The van der Waals surface area contributed by atoms with Crippen molar-refractivity contribution < 1.29 is 39.6 Å². The fourth-order valence-corrected chi connectivity index (χ4v) is 9.39. The van der Waals surface area contributed by atoms with Gasteiger partial charge in [0.1, 0.15) is 0 Å². The minimum atomic E-state index is -0.893. The average molecular weight is 920 g/mol. The summed E-state index contributed by atoms with van der Waals surface area (Å²) >= 11 is 0.0736. The summed E-state index contributed by atoms with van der Waals surface area (Å²) in [6.45, 7) is 16.8. The van der Waals surface area contributed by atoms with Gasteiger partial charge in [-0.05, 0) is 50.4 Å². The molecule has 0 bridgehead atoms. The van der Waals surface area contributed by atoms with E-state index in [2.05, 4.69) is 41.5 Å². The number of aliphatic carboxylic acids is 4. The van der Waals surface area contributed by atoms with E-state index in [-0.39, 0.29) is 33.0 Å². The number of unbranched alkanes of at least 4 members (excludes halogenated alkanes) is 20. The zero-order chi connectivity index (χ0) is 44.2. The third-order valence-electron chi connectivity index (χ3n) is 9.87. The summed E-state index contributed by atoms with van der Waals surface area (Å²) in [5.74, 6) is -3.57. The van der Waals surface area contributed by atoms with Crippen LogP contribution < -0.4 is 10.2 Å². The quantitative estimate of drug-likeness (QED) is 0.0465. The summed E-state index contributed by atoms with van der Waals surface area (Å²) in [6, 6.07) is 0. The predicted octanol–water partition coefficient (Wildman–Crippen LogP) is 13.0. The Bertz CT molecular complexity index is 743. The first-order valence-corrected chi connectivity index (χ1v) is 28.0. The minimum absolute atomic E-state index is 0.0736. The van der Waals surface area contributed by atoms with Crippen molar-refractivity contribution in [3.63, 3.8) is 0 Å². The molecule has 0 saturated carbocycles. The van der Waals surface area contributed by atoms with Crippen molar-refractivity contribution in [2.45, 2.75) is 270 Å². The molecule has 0 aliphatic heterocycles. The molecule has 0 rings (SSSR count). The molecular formula is C48H96O8Sn. The van der Waals surface area contributed by atoms with Gasteiger partial charge < -0.3 is 30.0 Å². The number of carboxylic acid groups (broad SMARTS) is 4. The van der Waals surface area contributed by atoms with Gasteiger partial charge in [-0.15, -0.1) is 0 Å². The normalized spacial score (nSPS) is 11.1. The molecule has 8 nitrogen and oxygen atoms in total. The third kappa shape index (κ3) is 69.6. The van der Waals surface area contributed by atoms with E-state index in [9.17, 15) is 29.4 Å². The van der Waals surface area contributed by atoms with Crippen LogP contribution in [0.1, 0.15) is 261 Å². The zero-order valence-corrected chi connectivity index (χ0v) is 41.9. The Labute approximate surface area is 364 Å². The first kappa shape index (κ1) is 64.8. The van der Waals surface area contributed by atoms with E-state index in [1.54, 1.807) is 21.7 Å². The van der Waals surface area contributed by atoms with Gasteiger partial charge in [-0.2, -0.15) is 0 Å². The van der Waals surface area contributed by atoms with Crippen LogP contribution in [0.5, 0.6) is 0 Å². The number of carboxylic acids is 4. The fraction of sp³-hybridized carbons (Fsp3) is 0.917. The second kappa shape index (κ2) is 59.0.